The second kappa shape index (κ2) is 3.32. The smallest absolute Gasteiger partial charge is 0.308 e. The number of hydrogen-bond acceptors (Lipinski definition) is 2. The van der Waals surface area contributed by atoms with Crippen LogP contribution in [0.3, 0.4) is 0 Å². The average Bonchev–Trinajstić information content (AvgIpc) is 2.84. The lowest BCUT2D eigenvalue weighted by Crippen LogP contribution is -2.33. The number of carboxylic acids is 2. The van der Waals surface area contributed by atoms with E-state index in [4.69, 9.17) is 0 Å². The monoisotopic (exact) mass is 232 g/mol. The van der Waals surface area contributed by atoms with Crippen LogP contribution < -0.4 is 0 Å². The van der Waals surface area contributed by atoms with E-state index in [-0.39, 0.29) is 11.8 Å². The molecule has 17 heavy (non-hydrogen) atoms. The van der Waals surface area contributed by atoms with Crippen LogP contribution in [0, 0.1) is 11.8 Å². The van der Waals surface area contributed by atoms with Gasteiger partial charge in [0.15, 0.2) is 0 Å². The molecule has 4 heteroatoms. The van der Waals surface area contributed by atoms with Gasteiger partial charge in [-0.25, -0.2) is 0 Å². The van der Waals surface area contributed by atoms with Crippen molar-refractivity contribution >= 4 is 11.9 Å². The number of rotatable bonds is 2. The summed E-state index contributed by atoms with van der Waals surface area (Å²) >= 11 is 0. The zero-order valence-corrected chi connectivity index (χ0v) is 9.04. The molecule has 0 heterocycles. The molecule has 0 radical (unpaired) electrons. The van der Waals surface area contributed by atoms with Crippen LogP contribution in [-0.4, -0.2) is 22.2 Å². The van der Waals surface area contributed by atoms with Gasteiger partial charge >= 0.3 is 11.9 Å². The van der Waals surface area contributed by atoms with Crippen LogP contribution in [0.15, 0.2) is 24.3 Å². The van der Waals surface area contributed by atoms with Gasteiger partial charge in [-0.1, -0.05) is 24.3 Å². The fraction of sp³-hybridized carbons (Fsp3) is 0.385. The lowest BCUT2D eigenvalue weighted by atomic mass is 9.76. The predicted octanol–water partition coefficient (Wildman–Crippen LogP) is 1.67. The molecule has 88 valence electrons. The molecule has 4 atom stereocenters. The largest absolute Gasteiger partial charge is 0.481 e. The summed E-state index contributed by atoms with van der Waals surface area (Å²) in [4.78, 5) is 22.5. The van der Waals surface area contributed by atoms with Crippen LogP contribution in [0.1, 0.15) is 29.4 Å². The summed E-state index contributed by atoms with van der Waals surface area (Å²) in [5.74, 6) is -3.77. The molecule has 2 N–H and O–H groups in total. The van der Waals surface area contributed by atoms with Crippen LogP contribution in [0.5, 0.6) is 0 Å². The summed E-state index contributed by atoms with van der Waals surface area (Å²) < 4.78 is 0. The maximum Gasteiger partial charge on any atom is 0.308 e. The highest BCUT2D eigenvalue weighted by Crippen LogP contribution is 2.59. The second-order valence-corrected chi connectivity index (χ2v) is 4.81. The van der Waals surface area contributed by atoms with E-state index in [1.165, 1.54) is 0 Å². The summed E-state index contributed by atoms with van der Waals surface area (Å²) in [6.45, 7) is 0. The van der Waals surface area contributed by atoms with Crippen LogP contribution in [-0.2, 0) is 9.59 Å². The predicted molar refractivity (Wildman–Crippen MR) is 58.8 cm³/mol. The van der Waals surface area contributed by atoms with Crippen molar-refractivity contribution in [2.45, 2.75) is 18.3 Å². The van der Waals surface area contributed by atoms with Gasteiger partial charge in [0.2, 0.25) is 0 Å². The molecule has 2 bridgehead atoms. The van der Waals surface area contributed by atoms with Gasteiger partial charge in [-0.2, -0.15) is 0 Å². The maximum atomic E-state index is 11.3. The number of aliphatic carboxylic acids is 2. The first-order valence-electron chi connectivity index (χ1n) is 5.65. The minimum atomic E-state index is -0.987. The van der Waals surface area contributed by atoms with Crippen molar-refractivity contribution in [3.8, 4) is 0 Å². The Balaban J connectivity index is 2.12. The third-order valence-corrected chi connectivity index (χ3v) is 4.13. The fourth-order valence-electron chi connectivity index (χ4n) is 3.55. The van der Waals surface area contributed by atoms with Crippen molar-refractivity contribution in [3.05, 3.63) is 35.4 Å². The number of benzene rings is 1. The minimum absolute atomic E-state index is 0.130. The molecule has 0 aromatic heterocycles. The van der Waals surface area contributed by atoms with Crippen molar-refractivity contribution in [1.82, 2.24) is 0 Å². The highest BCUT2D eigenvalue weighted by Gasteiger charge is 2.56. The van der Waals surface area contributed by atoms with Crippen molar-refractivity contribution < 1.29 is 19.8 Å². The molecule has 3 rings (SSSR count). The van der Waals surface area contributed by atoms with Crippen LogP contribution in [0.25, 0.3) is 0 Å². The molecule has 1 aromatic rings. The van der Waals surface area contributed by atoms with Crippen LogP contribution in [0.2, 0.25) is 0 Å². The molecule has 0 amide bonds. The fourth-order valence-corrected chi connectivity index (χ4v) is 3.55. The van der Waals surface area contributed by atoms with Crippen molar-refractivity contribution in [3.63, 3.8) is 0 Å². The molecular formula is C13H12O4. The highest BCUT2D eigenvalue weighted by atomic mass is 16.4. The van der Waals surface area contributed by atoms with Gasteiger partial charge in [-0.05, 0) is 29.4 Å². The van der Waals surface area contributed by atoms with Crippen molar-refractivity contribution in [2.75, 3.05) is 0 Å². The standard InChI is InChI=1S/C13H12O4/c14-12(15)10-8-5-9(11(10)13(16)17)7-4-2-1-3-6(7)8/h1-4,8-11H,5H2,(H,14,15)(H,16,17)/t8-,9-,10-,11+/m1/s1. The Labute approximate surface area is 97.9 Å². The zero-order chi connectivity index (χ0) is 12.2. The number of carbonyl (C=O) groups is 2. The molecule has 0 aliphatic heterocycles. The Hall–Kier alpha value is -1.84. The van der Waals surface area contributed by atoms with E-state index in [0.29, 0.717) is 6.42 Å². The summed E-state index contributed by atoms with van der Waals surface area (Å²) in [5, 5.41) is 18.4. The van der Waals surface area contributed by atoms with E-state index in [0.717, 1.165) is 11.1 Å². The van der Waals surface area contributed by atoms with Crippen molar-refractivity contribution in [2.24, 2.45) is 11.8 Å². The van der Waals surface area contributed by atoms with E-state index in [1.807, 2.05) is 24.3 Å². The van der Waals surface area contributed by atoms with E-state index < -0.39 is 23.8 Å². The van der Waals surface area contributed by atoms with Crippen molar-refractivity contribution in [1.29, 1.82) is 0 Å². The maximum absolute atomic E-state index is 11.3. The Bertz CT molecular complexity index is 463. The normalized spacial score (nSPS) is 33.4. The molecule has 0 spiro atoms. The lowest BCUT2D eigenvalue weighted by molar-refractivity contribution is -0.153. The first-order chi connectivity index (χ1) is 8.11. The van der Waals surface area contributed by atoms with Gasteiger partial charge in [0.1, 0.15) is 0 Å². The van der Waals surface area contributed by atoms with Gasteiger partial charge in [-0.15, -0.1) is 0 Å². The Kier molecular flexibility index (Phi) is 2.02. The quantitative estimate of drug-likeness (QED) is 0.813. The molecule has 1 saturated carbocycles. The van der Waals surface area contributed by atoms with E-state index >= 15 is 0 Å². The van der Waals surface area contributed by atoms with Gasteiger partial charge in [0.05, 0.1) is 11.8 Å². The molecule has 1 aromatic carbocycles. The topological polar surface area (TPSA) is 74.6 Å². The number of hydrogen-bond donors (Lipinski definition) is 2. The number of carboxylic acid groups (broad SMARTS) is 2. The Morgan fingerprint density at radius 2 is 1.35 bits per heavy atom. The highest BCUT2D eigenvalue weighted by molar-refractivity contribution is 5.84. The summed E-state index contributed by atoms with van der Waals surface area (Å²) in [6.07, 6.45) is 0.660. The summed E-state index contributed by atoms with van der Waals surface area (Å²) in [6, 6.07) is 7.62. The Morgan fingerprint density at radius 1 is 0.941 bits per heavy atom. The van der Waals surface area contributed by atoms with Gasteiger partial charge in [0, 0.05) is 0 Å². The zero-order valence-electron chi connectivity index (χ0n) is 9.04. The third-order valence-electron chi connectivity index (χ3n) is 4.13. The molecule has 1 fully saturated rings. The summed E-state index contributed by atoms with van der Waals surface area (Å²) in [7, 11) is 0. The number of fused-ring (bicyclic) bond motifs is 5. The molecular weight excluding hydrogens is 220 g/mol. The molecule has 0 unspecified atom stereocenters. The van der Waals surface area contributed by atoms with Gasteiger partial charge in [-0.3, -0.25) is 9.59 Å². The van der Waals surface area contributed by atoms with Gasteiger partial charge in [0.25, 0.3) is 0 Å². The van der Waals surface area contributed by atoms with E-state index in [1.54, 1.807) is 0 Å². The third kappa shape index (κ3) is 1.24. The molecule has 2 aliphatic rings. The minimum Gasteiger partial charge on any atom is -0.481 e. The van der Waals surface area contributed by atoms with Crippen LogP contribution >= 0.6 is 0 Å². The Morgan fingerprint density at radius 3 is 1.71 bits per heavy atom. The molecule has 4 nitrogen and oxygen atoms in total. The van der Waals surface area contributed by atoms with Gasteiger partial charge < -0.3 is 10.2 Å². The SMILES string of the molecule is O=C(O)[C@@H]1[C@H](C(=O)O)[C@@H]2C[C@@H]1c1ccccc12. The van der Waals surface area contributed by atoms with E-state index in [2.05, 4.69) is 0 Å². The molecule has 0 saturated heterocycles. The first-order valence-corrected chi connectivity index (χ1v) is 5.65. The first kappa shape index (κ1) is 10.3. The second-order valence-electron chi connectivity index (χ2n) is 4.81. The molecule has 2 aliphatic carbocycles. The summed E-state index contributed by atoms with van der Waals surface area (Å²) in [5.41, 5.74) is 2.06. The van der Waals surface area contributed by atoms with Crippen LogP contribution in [0.4, 0.5) is 0 Å². The lowest BCUT2D eigenvalue weighted by Gasteiger charge is -2.26. The average molecular weight is 232 g/mol. The van der Waals surface area contributed by atoms with E-state index in [9.17, 15) is 19.8 Å².